The van der Waals surface area contributed by atoms with E-state index in [-0.39, 0.29) is 0 Å². The average Bonchev–Trinajstić information content (AvgIpc) is 2.51. The summed E-state index contributed by atoms with van der Waals surface area (Å²) in [6, 6.07) is -2.28. The zero-order valence-electron chi connectivity index (χ0n) is 11.7. The highest BCUT2D eigenvalue weighted by atomic mass is 28.3. The molecule has 0 aliphatic carbocycles. The molecule has 0 spiro atoms. The summed E-state index contributed by atoms with van der Waals surface area (Å²) in [5.74, 6) is 0. The Balaban J connectivity index is 4.75. The summed E-state index contributed by atoms with van der Waals surface area (Å²) in [5.41, 5.74) is 0. The van der Waals surface area contributed by atoms with Crippen LogP contribution in [0.3, 0.4) is 0 Å². The van der Waals surface area contributed by atoms with Gasteiger partial charge in [-0.25, -0.2) is 39.5 Å². The fourth-order valence-corrected chi connectivity index (χ4v) is 5.35. The van der Waals surface area contributed by atoms with Gasteiger partial charge in [0.2, 0.25) is 0 Å². The first-order valence-electron chi connectivity index (χ1n) is 6.79. The van der Waals surface area contributed by atoms with Crippen LogP contribution in [0.1, 0.15) is 0 Å². The molecule has 0 fully saturated rings. The molecule has 6 atom stereocenters. The van der Waals surface area contributed by atoms with E-state index in [0.29, 0.717) is 0 Å². The highest BCUT2D eigenvalue weighted by Gasteiger charge is 2.33. The third-order valence-corrected chi connectivity index (χ3v) is 6.65. The molecule has 6 unspecified atom stereocenters. The standard InChI is InChI=1S/C12H19F9Si/c13-1-7(16)10(19)4-22(5-11(20)8(17)2-14)6-12(21)9(18)3-15/h7-12,22H,1-6H2. The van der Waals surface area contributed by atoms with Crippen molar-refractivity contribution in [3.8, 4) is 0 Å². The van der Waals surface area contributed by atoms with Crippen LogP contribution >= 0.6 is 0 Å². The van der Waals surface area contributed by atoms with Gasteiger partial charge in [0, 0.05) is 8.80 Å². The molecular formula is C12H19F9Si. The normalized spacial score (nSPS) is 21.7. The van der Waals surface area contributed by atoms with Gasteiger partial charge in [0.1, 0.15) is 38.5 Å². The first-order chi connectivity index (χ1) is 10.3. The van der Waals surface area contributed by atoms with Crippen molar-refractivity contribution in [1.29, 1.82) is 0 Å². The lowest BCUT2D eigenvalue weighted by Crippen LogP contribution is -2.35. The van der Waals surface area contributed by atoms with E-state index in [1.54, 1.807) is 0 Å². The molecule has 0 radical (unpaired) electrons. The lowest BCUT2D eigenvalue weighted by atomic mass is 10.3. The molecular weight excluding hydrogens is 343 g/mol. The Kier molecular flexibility index (Phi) is 11.0. The Labute approximate surface area is 124 Å². The molecule has 0 aliphatic rings. The zero-order chi connectivity index (χ0) is 17.3. The Morgan fingerprint density at radius 1 is 0.455 bits per heavy atom. The summed E-state index contributed by atoms with van der Waals surface area (Å²) in [6.45, 7) is -4.94. The van der Waals surface area contributed by atoms with E-state index in [4.69, 9.17) is 0 Å². The molecule has 0 saturated heterocycles. The summed E-state index contributed by atoms with van der Waals surface area (Å²) in [7, 11) is -2.96. The van der Waals surface area contributed by atoms with Crippen LogP contribution in [0.5, 0.6) is 0 Å². The minimum Gasteiger partial charge on any atom is -0.248 e. The van der Waals surface area contributed by atoms with Crippen molar-refractivity contribution in [1.82, 2.24) is 0 Å². The molecule has 0 nitrogen and oxygen atoms in total. The molecule has 0 heterocycles. The summed E-state index contributed by atoms with van der Waals surface area (Å²) < 4.78 is 115. The van der Waals surface area contributed by atoms with Crippen LogP contribution in [0, 0.1) is 0 Å². The molecule has 0 saturated carbocycles. The Hall–Kier alpha value is -0.413. The van der Waals surface area contributed by atoms with Gasteiger partial charge in [0.05, 0.1) is 0 Å². The van der Waals surface area contributed by atoms with Crippen molar-refractivity contribution in [3.63, 3.8) is 0 Å². The Morgan fingerprint density at radius 2 is 0.682 bits per heavy atom. The molecule has 0 amide bonds. The van der Waals surface area contributed by atoms with Gasteiger partial charge < -0.3 is 0 Å². The van der Waals surface area contributed by atoms with E-state index >= 15 is 0 Å². The van der Waals surface area contributed by atoms with E-state index in [9.17, 15) is 39.5 Å². The van der Waals surface area contributed by atoms with E-state index in [1.165, 1.54) is 0 Å². The molecule has 0 aromatic carbocycles. The van der Waals surface area contributed by atoms with Crippen molar-refractivity contribution in [2.75, 3.05) is 20.0 Å². The predicted octanol–water partition coefficient (Wildman–Crippen LogP) is 4.15. The van der Waals surface area contributed by atoms with Gasteiger partial charge in [-0.05, 0) is 18.1 Å². The molecule has 0 aromatic heterocycles. The van der Waals surface area contributed by atoms with Crippen molar-refractivity contribution >= 4 is 8.80 Å². The number of rotatable bonds is 12. The maximum Gasteiger partial charge on any atom is 0.159 e. The van der Waals surface area contributed by atoms with E-state index in [0.717, 1.165) is 0 Å². The van der Waals surface area contributed by atoms with E-state index in [2.05, 4.69) is 0 Å². The topological polar surface area (TPSA) is 0 Å². The molecule has 22 heavy (non-hydrogen) atoms. The third-order valence-electron chi connectivity index (χ3n) is 3.30. The molecule has 0 rings (SSSR count). The van der Waals surface area contributed by atoms with Gasteiger partial charge in [0.25, 0.3) is 0 Å². The number of halogens is 9. The van der Waals surface area contributed by atoms with E-state index in [1.807, 2.05) is 0 Å². The second kappa shape index (κ2) is 11.2. The van der Waals surface area contributed by atoms with Gasteiger partial charge in [0.15, 0.2) is 18.5 Å². The van der Waals surface area contributed by atoms with Crippen LogP contribution in [0.2, 0.25) is 18.1 Å². The molecule has 0 N–H and O–H groups in total. The molecule has 0 bridgehead atoms. The van der Waals surface area contributed by atoms with E-state index < -0.39 is 84.0 Å². The molecule has 0 aliphatic heterocycles. The highest BCUT2D eigenvalue weighted by molar-refractivity contribution is 6.59. The summed E-state index contributed by atoms with van der Waals surface area (Å²) in [4.78, 5) is 0. The zero-order valence-corrected chi connectivity index (χ0v) is 12.8. The molecule has 134 valence electrons. The van der Waals surface area contributed by atoms with Crippen LogP contribution in [0.4, 0.5) is 39.5 Å². The van der Waals surface area contributed by atoms with Crippen molar-refractivity contribution in [2.24, 2.45) is 0 Å². The monoisotopic (exact) mass is 362 g/mol. The minimum atomic E-state index is -2.96. The first-order valence-corrected chi connectivity index (χ1v) is 9.23. The number of hydrogen-bond acceptors (Lipinski definition) is 0. The number of alkyl halides is 9. The lowest BCUT2D eigenvalue weighted by molar-refractivity contribution is 0.138. The van der Waals surface area contributed by atoms with Crippen LogP contribution in [-0.2, 0) is 0 Å². The number of hydrogen-bond donors (Lipinski definition) is 0. The fraction of sp³-hybridized carbons (Fsp3) is 1.00. The second-order valence-corrected chi connectivity index (χ2v) is 8.28. The van der Waals surface area contributed by atoms with Crippen LogP contribution in [0.15, 0.2) is 0 Å². The second-order valence-electron chi connectivity index (χ2n) is 5.13. The Morgan fingerprint density at radius 3 is 0.864 bits per heavy atom. The maximum absolute atomic E-state index is 13.4. The molecule has 0 aromatic rings. The average molecular weight is 362 g/mol. The summed E-state index contributed by atoms with van der Waals surface area (Å²) in [6.07, 6.45) is -14.6. The van der Waals surface area contributed by atoms with Gasteiger partial charge in [-0.15, -0.1) is 0 Å². The predicted molar refractivity (Wildman–Crippen MR) is 68.9 cm³/mol. The van der Waals surface area contributed by atoms with Gasteiger partial charge in [-0.2, -0.15) is 0 Å². The summed E-state index contributed by atoms with van der Waals surface area (Å²) >= 11 is 0. The first kappa shape index (κ1) is 21.6. The van der Waals surface area contributed by atoms with Crippen molar-refractivity contribution in [2.45, 2.75) is 55.2 Å². The Bertz CT molecular complexity index is 241. The largest absolute Gasteiger partial charge is 0.248 e. The summed E-state index contributed by atoms with van der Waals surface area (Å²) in [5, 5.41) is 0. The van der Waals surface area contributed by atoms with Gasteiger partial charge in [-0.1, -0.05) is 0 Å². The van der Waals surface area contributed by atoms with Crippen LogP contribution < -0.4 is 0 Å². The van der Waals surface area contributed by atoms with Crippen LogP contribution in [0.25, 0.3) is 0 Å². The van der Waals surface area contributed by atoms with Crippen LogP contribution in [-0.4, -0.2) is 65.9 Å². The van der Waals surface area contributed by atoms with Crippen molar-refractivity contribution < 1.29 is 39.5 Å². The third kappa shape index (κ3) is 7.73. The molecule has 10 heteroatoms. The quantitative estimate of drug-likeness (QED) is 0.361. The van der Waals surface area contributed by atoms with Crippen molar-refractivity contribution in [3.05, 3.63) is 0 Å². The van der Waals surface area contributed by atoms with Gasteiger partial charge in [-0.3, -0.25) is 0 Å². The smallest absolute Gasteiger partial charge is 0.159 e. The lowest BCUT2D eigenvalue weighted by Gasteiger charge is -2.23. The highest BCUT2D eigenvalue weighted by Crippen LogP contribution is 2.25. The van der Waals surface area contributed by atoms with Gasteiger partial charge >= 0.3 is 0 Å². The maximum atomic E-state index is 13.4. The fourth-order valence-electron chi connectivity index (χ4n) is 1.98. The minimum absolute atomic E-state index is 0.760. The SMILES string of the molecule is FCC(F)C(F)C[SiH](CC(F)C(F)CF)CC(F)C(F)CF.